The second-order valence-electron chi connectivity index (χ2n) is 15.6. The minimum atomic E-state index is 0.462. The van der Waals surface area contributed by atoms with Gasteiger partial charge in [-0.15, -0.1) is 0 Å². The Morgan fingerprint density at radius 3 is 2.04 bits per heavy atom. The van der Waals surface area contributed by atoms with Crippen LogP contribution in [0.3, 0.4) is 0 Å². The molecule has 7 nitrogen and oxygen atoms in total. The molecule has 0 bridgehead atoms. The van der Waals surface area contributed by atoms with Gasteiger partial charge in [0, 0.05) is 49.7 Å². The smallest absolute Gasteiger partial charge is 0.203 e. The number of benzene rings is 4. The summed E-state index contributed by atoms with van der Waals surface area (Å²) in [6.07, 6.45) is 11.7. The molecule has 7 heteroatoms. The first kappa shape index (κ1) is 36.9. The van der Waals surface area contributed by atoms with E-state index in [9.17, 15) is 0 Å². The normalized spacial score (nSPS) is 16.0. The van der Waals surface area contributed by atoms with Crippen LogP contribution in [0.2, 0.25) is 0 Å². The molecule has 0 amide bonds. The van der Waals surface area contributed by atoms with Crippen LogP contribution in [-0.4, -0.2) is 57.5 Å². The molecule has 0 radical (unpaired) electrons. The van der Waals surface area contributed by atoms with Crippen LogP contribution in [0.1, 0.15) is 77.8 Å². The standard InChI is InChI=1S/C48H55N3O4/c1-32-43(37-9-7-10-37)26-40(29-45(32)52-2)44-24-34(18-21-49-44)30-50-22-19-41(20-23-50)51(42-17-16-35-8-6-11-38(35)25-42)31-33-12-14-36(15-13-33)39-27-46(53-3)48(55-5)47(28-39)54-4/h12-18,21,24-29,37,41H,6-11,19-20,22-23,30-31H2,1-5H3. The Morgan fingerprint density at radius 1 is 0.655 bits per heavy atom. The van der Waals surface area contributed by atoms with Crippen molar-refractivity contribution < 1.29 is 18.9 Å². The van der Waals surface area contributed by atoms with E-state index in [-0.39, 0.29) is 0 Å². The highest BCUT2D eigenvalue weighted by molar-refractivity contribution is 5.71. The number of piperidine rings is 1. The van der Waals surface area contributed by atoms with E-state index >= 15 is 0 Å². The Hall–Kier alpha value is -5.01. The molecule has 0 N–H and O–H groups in total. The monoisotopic (exact) mass is 737 g/mol. The number of aryl methyl sites for hydroxylation is 2. The van der Waals surface area contributed by atoms with Gasteiger partial charge >= 0.3 is 0 Å². The number of anilines is 1. The van der Waals surface area contributed by atoms with Gasteiger partial charge < -0.3 is 23.8 Å². The number of aromatic nitrogens is 1. The third-order valence-electron chi connectivity index (χ3n) is 12.4. The second-order valence-corrected chi connectivity index (χ2v) is 15.6. The Morgan fingerprint density at radius 2 is 1.36 bits per heavy atom. The van der Waals surface area contributed by atoms with E-state index in [2.05, 4.69) is 83.5 Å². The maximum Gasteiger partial charge on any atom is 0.203 e. The lowest BCUT2D eigenvalue weighted by Crippen LogP contribution is -2.44. The van der Waals surface area contributed by atoms with E-state index in [1.165, 1.54) is 77.6 Å². The molecule has 3 aliphatic rings. The molecular formula is C48H55N3O4. The van der Waals surface area contributed by atoms with Crippen molar-refractivity contribution in [3.8, 4) is 45.4 Å². The molecule has 1 aromatic heterocycles. The molecule has 2 fully saturated rings. The first-order chi connectivity index (χ1) is 26.9. The summed E-state index contributed by atoms with van der Waals surface area (Å²) in [5.41, 5.74) is 14.0. The zero-order valence-corrected chi connectivity index (χ0v) is 33.2. The number of rotatable bonds is 13. The van der Waals surface area contributed by atoms with E-state index in [0.29, 0.717) is 29.2 Å². The number of methoxy groups -OCH3 is 4. The zero-order chi connectivity index (χ0) is 37.9. The Labute approximate surface area is 327 Å². The van der Waals surface area contributed by atoms with E-state index in [1.54, 1.807) is 28.4 Å². The Balaban J connectivity index is 0.981. The molecule has 2 heterocycles. The van der Waals surface area contributed by atoms with Crippen LogP contribution in [0, 0.1) is 6.92 Å². The molecule has 1 saturated heterocycles. The van der Waals surface area contributed by atoms with Gasteiger partial charge in [-0.3, -0.25) is 9.88 Å². The minimum absolute atomic E-state index is 0.462. The highest BCUT2D eigenvalue weighted by Crippen LogP contribution is 2.43. The fourth-order valence-corrected chi connectivity index (χ4v) is 9.01. The molecule has 4 aromatic carbocycles. The molecule has 1 aliphatic heterocycles. The summed E-state index contributed by atoms with van der Waals surface area (Å²) < 4.78 is 22.7. The number of ether oxygens (including phenoxy) is 4. The molecule has 5 aromatic rings. The topological polar surface area (TPSA) is 56.3 Å². The molecule has 55 heavy (non-hydrogen) atoms. The van der Waals surface area contributed by atoms with Crippen molar-refractivity contribution in [2.45, 2.75) is 83.3 Å². The number of hydrogen-bond donors (Lipinski definition) is 0. The number of pyridine rings is 1. The summed E-state index contributed by atoms with van der Waals surface area (Å²) in [7, 11) is 6.74. The number of hydrogen-bond acceptors (Lipinski definition) is 7. The summed E-state index contributed by atoms with van der Waals surface area (Å²) in [6.45, 7) is 6.13. The van der Waals surface area contributed by atoms with Crippen LogP contribution in [-0.2, 0) is 25.9 Å². The lowest BCUT2D eigenvalue weighted by atomic mass is 9.77. The third-order valence-corrected chi connectivity index (χ3v) is 12.4. The fraction of sp³-hybridized carbons (Fsp3) is 0.396. The van der Waals surface area contributed by atoms with Crippen molar-refractivity contribution in [2.75, 3.05) is 46.4 Å². The van der Waals surface area contributed by atoms with Crippen molar-refractivity contribution in [2.24, 2.45) is 0 Å². The summed E-state index contributed by atoms with van der Waals surface area (Å²) in [5, 5.41) is 0. The summed E-state index contributed by atoms with van der Waals surface area (Å²) in [5.74, 6) is 3.53. The maximum absolute atomic E-state index is 5.83. The summed E-state index contributed by atoms with van der Waals surface area (Å²) in [4.78, 5) is 10.1. The Bertz CT molecular complexity index is 2090. The van der Waals surface area contributed by atoms with E-state index in [4.69, 9.17) is 23.9 Å². The molecule has 0 atom stereocenters. The third kappa shape index (κ3) is 7.77. The van der Waals surface area contributed by atoms with Crippen molar-refractivity contribution >= 4 is 5.69 Å². The van der Waals surface area contributed by atoms with E-state index in [1.807, 2.05) is 18.3 Å². The van der Waals surface area contributed by atoms with Gasteiger partial charge in [-0.25, -0.2) is 0 Å². The van der Waals surface area contributed by atoms with Crippen LogP contribution in [0.25, 0.3) is 22.4 Å². The van der Waals surface area contributed by atoms with Crippen LogP contribution >= 0.6 is 0 Å². The van der Waals surface area contributed by atoms with Gasteiger partial charge in [0.15, 0.2) is 11.5 Å². The highest BCUT2D eigenvalue weighted by atomic mass is 16.5. The van der Waals surface area contributed by atoms with Crippen LogP contribution in [0.15, 0.2) is 85.1 Å². The summed E-state index contributed by atoms with van der Waals surface area (Å²) in [6, 6.07) is 29.7. The van der Waals surface area contributed by atoms with Crippen LogP contribution in [0.4, 0.5) is 5.69 Å². The van der Waals surface area contributed by atoms with Gasteiger partial charge in [0.2, 0.25) is 5.75 Å². The Kier molecular flexibility index (Phi) is 11.0. The lowest BCUT2D eigenvalue weighted by molar-refractivity contribution is 0.201. The molecule has 8 rings (SSSR count). The first-order valence-corrected chi connectivity index (χ1v) is 20.1. The predicted octanol–water partition coefficient (Wildman–Crippen LogP) is 10.2. The minimum Gasteiger partial charge on any atom is -0.496 e. The molecule has 1 saturated carbocycles. The van der Waals surface area contributed by atoms with Crippen LogP contribution in [0.5, 0.6) is 23.0 Å². The molecule has 0 spiro atoms. The SMILES string of the molecule is COc1cc(-c2cc(CN3CCC(N(Cc4ccc(-c5cc(OC)c(OC)c(OC)c5)cc4)c4ccc5c(c4)CCC5)CC3)ccn2)cc(C2CCC2)c1C. The molecule has 2 aliphatic carbocycles. The largest absolute Gasteiger partial charge is 0.496 e. The van der Waals surface area contributed by atoms with Gasteiger partial charge in [-0.05, 0) is 151 Å². The van der Waals surface area contributed by atoms with Gasteiger partial charge in [0.1, 0.15) is 5.75 Å². The highest BCUT2D eigenvalue weighted by Gasteiger charge is 2.27. The summed E-state index contributed by atoms with van der Waals surface area (Å²) >= 11 is 0. The first-order valence-electron chi connectivity index (χ1n) is 20.1. The van der Waals surface area contributed by atoms with Gasteiger partial charge in [-0.2, -0.15) is 0 Å². The predicted molar refractivity (Wildman–Crippen MR) is 222 cm³/mol. The molecule has 286 valence electrons. The number of likely N-dealkylation sites (tertiary alicyclic amines) is 1. The lowest BCUT2D eigenvalue weighted by Gasteiger charge is -2.40. The fourth-order valence-electron chi connectivity index (χ4n) is 9.01. The van der Waals surface area contributed by atoms with Crippen molar-refractivity contribution in [3.63, 3.8) is 0 Å². The van der Waals surface area contributed by atoms with E-state index < -0.39 is 0 Å². The van der Waals surface area contributed by atoms with Crippen molar-refractivity contribution in [1.82, 2.24) is 9.88 Å². The molecular weight excluding hydrogens is 683 g/mol. The zero-order valence-electron chi connectivity index (χ0n) is 33.2. The van der Waals surface area contributed by atoms with Gasteiger partial charge in [0.05, 0.1) is 34.1 Å². The van der Waals surface area contributed by atoms with Gasteiger partial charge in [0.25, 0.3) is 0 Å². The van der Waals surface area contributed by atoms with Crippen molar-refractivity contribution in [1.29, 1.82) is 0 Å². The average molecular weight is 738 g/mol. The van der Waals surface area contributed by atoms with Crippen molar-refractivity contribution in [3.05, 3.63) is 118 Å². The van der Waals surface area contributed by atoms with Gasteiger partial charge in [-0.1, -0.05) is 36.8 Å². The molecule has 0 unspecified atom stereocenters. The number of fused-ring (bicyclic) bond motifs is 1. The quantitative estimate of drug-likeness (QED) is 0.119. The average Bonchev–Trinajstić information content (AvgIpc) is 3.68. The van der Waals surface area contributed by atoms with Crippen LogP contribution < -0.4 is 23.8 Å². The van der Waals surface area contributed by atoms with E-state index in [0.717, 1.165) is 67.2 Å². The second kappa shape index (κ2) is 16.4. The number of nitrogens with zero attached hydrogens (tertiary/aromatic N) is 3. The maximum atomic E-state index is 5.83.